The van der Waals surface area contributed by atoms with E-state index in [-0.39, 0.29) is 0 Å². The molecule has 25 heavy (non-hydrogen) atoms. The lowest BCUT2D eigenvalue weighted by Crippen LogP contribution is -2.49. The minimum absolute atomic E-state index is 0.415. The van der Waals surface area contributed by atoms with Crippen LogP contribution in [0.5, 0.6) is 0 Å². The van der Waals surface area contributed by atoms with Gasteiger partial charge in [-0.2, -0.15) is 0 Å². The molecule has 0 saturated heterocycles. The monoisotopic (exact) mass is 331 g/mol. The largest absolute Gasteiger partial charge is 0.350 e. The number of hydrogen-bond acceptors (Lipinski definition) is 2. The van der Waals surface area contributed by atoms with E-state index in [0.717, 1.165) is 16.1 Å². The number of nitrogens with zero attached hydrogens (tertiary/aromatic N) is 1. The number of amides is 3. The molecular formula is C20H17N3O2. The van der Waals surface area contributed by atoms with Crippen molar-refractivity contribution in [1.82, 2.24) is 5.43 Å². The molecule has 3 N–H and O–H groups in total. The van der Waals surface area contributed by atoms with Crippen LogP contribution < -0.4 is 16.2 Å². The van der Waals surface area contributed by atoms with Crippen LogP contribution in [0.25, 0.3) is 11.1 Å². The molecule has 5 heteroatoms. The molecule has 0 radical (unpaired) electrons. The van der Waals surface area contributed by atoms with Gasteiger partial charge in [0.2, 0.25) is 0 Å². The molecule has 0 spiro atoms. The van der Waals surface area contributed by atoms with Gasteiger partial charge in [-0.3, -0.25) is 10.2 Å². The van der Waals surface area contributed by atoms with Crippen LogP contribution in [0.2, 0.25) is 0 Å². The van der Waals surface area contributed by atoms with Crippen molar-refractivity contribution in [2.24, 2.45) is 5.73 Å². The third kappa shape index (κ3) is 3.84. The minimum Gasteiger partial charge on any atom is -0.350 e. The number of hydrogen-bond donors (Lipinski definition) is 2. The molecular weight excluding hydrogens is 314 g/mol. The molecule has 0 heterocycles. The van der Waals surface area contributed by atoms with Gasteiger partial charge in [0.1, 0.15) is 0 Å². The van der Waals surface area contributed by atoms with Crippen molar-refractivity contribution in [3.05, 3.63) is 90.5 Å². The van der Waals surface area contributed by atoms with Gasteiger partial charge in [-0.1, -0.05) is 60.7 Å². The van der Waals surface area contributed by atoms with E-state index >= 15 is 0 Å². The van der Waals surface area contributed by atoms with Crippen molar-refractivity contribution in [1.29, 1.82) is 0 Å². The number of carbonyl (C=O) groups is 2. The summed E-state index contributed by atoms with van der Waals surface area (Å²) in [4.78, 5) is 24.1. The zero-order valence-electron chi connectivity index (χ0n) is 13.4. The third-order valence-corrected chi connectivity index (χ3v) is 3.70. The van der Waals surface area contributed by atoms with E-state index in [1.54, 1.807) is 36.4 Å². The van der Waals surface area contributed by atoms with Crippen LogP contribution in [0.15, 0.2) is 84.9 Å². The van der Waals surface area contributed by atoms with Gasteiger partial charge in [0.05, 0.1) is 5.69 Å². The van der Waals surface area contributed by atoms with Crippen LogP contribution in [0, 0.1) is 0 Å². The van der Waals surface area contributed by atoms with Gasteiger partial charge in [-0.25, -0.2) is 9.80 Å². The highest BCUT2D eigenvalue weighted by Crippen LogP contribution is 2.19. The Morgan fingerprint density at radius 3 is 1.80 bits per heavy atom. The molecule has 0 saturated carbocycles. The summed E-state index contributed by atoms with van der Waals surface area (Å²) in [5, 5.41) is 1.02. The molecule has 3 aromatic rings. The highest BCUT2D eigenvalue weighted by atomic mass is 16.2. The number of urea groups is 1. The molecule has 3 aromatic carbocycles. The summed E-state index contributed by atoms with van der Waals surface area (Å²) in [5.74, 6) is -0.415. The molecule has 0 fully saturated rings. The first-order chi connectivity index (χ1) is 12.1. The average Bonchev–Trinajstić information content (AvgIpc) is 2.67. The summed E-state index contributed by atoms with van der Waals surface area (Å²) in [5.41, 5.74) is 10.9. The number of primary amides is 1. The summed E-state index contributed by atoms with van der Waals surface area (Å²) in [6.45, 7) is 0. The maximum atomic E-state index is 12.4. The van der Waals surface area contributed by atoms with E-state index in [1.165, 1.54) is 0 Å². The summed E-state index contributed by atoms with van der Waals surface area (Å²) in [6, 6.07) is 24.9. The quantitative estimate of drug-likeness (QED) is 0.720. The summed E-state index contributed by atoms with van der Waals surface area (Å²) in [6.07, 6.45) is 0. The first-order valence-corrected chi connectivity index (χ1v) is 7.76. The first-order valence-electron chi connectivity index (χ1n) is 7.76. The number of nitrogens with one attached hydrogen (secondary N) is 1. The molecule has 3 amide bonds. The molecule has 3 rings (SSSR count). The number of carbonyl (C=O) groups excluding carboxylic acids is 2. The Bertz CT molecular complexity index is 862. The van der Waals surface area contributed by atoms with E-state index < -0.39 is 11.9 Å². The standard InChI is InChI=1S/C20H17N3O2/c21-20(25)23(18-9-5-2-6-10-18)22-19(24)17-13-11-16(12-14-17)15-7-3-1-4-8-15/h1-14H,(H2,21,25)(H,22,24). The van der Waals surface area contributed by atoms with Gasteiger partial charge < -0.3 is 5.73 Å². The lowest BCUT2D eigenvalue weighted by molar-refractivity contribution is 0.0951. The molecule has 0 aromatic heterocycles. The molecule has 0 aliphatic rings. The zero-order valence-corrected chi connectivity index (χ0v) is 13.4. The minimum atomic E-state index is -0.763. The van der Waals surface area contributed by atoms with Crippen LogP contribution >= 0.6 is 0 Å². The predicted octanol–water partition coefficient (Wildman–Crippen LogP) is 3.58. The Labute approximate surface area is 145 Å². The van der Waals surface area contributed by atoms with Crippen LogP contribution in [-0.4, -0.2) is 11.9 Å². The maximum absolute atomic E-state index is 12.4. The number of nitrogens with two attached hydrogens (primary N) is 1. The molecule has 0 aliphatic heterocycles. The highest BCUT2D eigenvalue weighted by molar-refractivity contribution is 6.00. The number of hydrazine groups is 1. The Morgan fingerprint density at radius 1 is 0.720 bits per heavy atom. The topological polar surface area (TPSA) is 75.4 Å². The van der Waals surface area contributed by atoms with Crippen molar-refractivity contribution in [2.45, 2.75) is 0 Å². The number of rotatable bonds is 3. The lowest BCUT2D eigenvalue weighted by atomic mass is 10.0. The fraction of sp³-hybridized carbons (Fsp3) is 0. The van der Waals surface area contributed by atoms with E-state index in [1.807, 2.05) is 48.5 Å². The van der Waals surface area contributed by atoms with Gasteiger partial charge >= 0.3 is 6.03 Å². The zero-order chi connectivity index (χ0) is 17.6. The Hall–Kier alpha value is -3.60. The smallest absolute Gasteiger partial charge is 0.338 e. The van der Waals surface area contributed by atoms with Crippen molar-refractivity contribution in [3.63, 3.8) is 0 Å². The number of anilines is 1. The number of benzene rings is 3. The van der Waals surface area contributed by atoms with Gasteiger partial charge in [0, 0.05) is 5.56 Å². The Balaban J connectivity index is 1.77. The third-order valence-electron chi connectivity index (χ3n) is 3.70. The van der Waals surface area contributed by atoms with Gasteiger partial charge in [-0.15, -0.1) is 0 Å². The normalized spacial score (nSPS) is 10.1. The van der Waals surface area contributed by atoms with Crippen molar-refractivity contribution >= 4 is 17.6 Å². The average molecular weight is 331 g/mol. The van der Waals surface area contributed by atoms with E-state index in [2.05, 4.69) is 5.43 Å². The SMILES string of the molecule is NC(=O)N(NC(=O)c1ccc(-c2ccccc2)cc1)c1ccccc1. The summed E-state index contributed by atoms with van der Waals surface area (Å²) < 4.78 is 0. The predicted molar refractivity (Wildman–Crippen MR) is 97.8 cm³/mol. The fourth-order valence-electron chi connectivity index (χ4n) is 2.43. The second-order valence-corrected chi connectivity index (χ2v) is 5.39. The van der Waals surface area contributed by atoms with Crippen LogP contribution in [-0.2, 0) is 0 Å². The van der Waals surface area contributed by atoms with E-state index in [4.69, 9.17) is 5.73 Å². The summed E-state index contributed by atoms with van der Waals surface area (Å²) >= 11 is 0. The molecule has 0 atom stereocenters. The van der Waals surface area contributed by atoms with E-state index in [0.29, 0.717) is 11.3 Å². The summed E-state index contributed by atoms with van der Waals surface area (Å²) in [7, 11) is 0. The van der Waals surface area contributed by atoms with Gasteiger partial charge in [0.25, 0.3) is 5.91 Å². The fourth-order valence-corrected chi connectivity index (χ4v) is 2.43. The van der Waals surface area contributed by atoms with Crippen molar-refractivity contribution in [3.8, 4) is 11.1 Å². The second-order valence-electron chi connectivity index (χ2n) is 5.39. The molecule has 0 aliphatic carbocycles. The van der Waals surface area contributed by atoms with Gasteiger partial charge in [-0.05, 0) is 35.4 Å². The first kappa shape index (κ1) is 16.3. The Kier molecular flexibility index (Phi) is 4.76. The molecule has 5 nitrogen and oxygen atoms in total. The van der Waals surface area contributed by atoms with E-state index in [9.17, 15) is 9.59 Å². The Morgan fingerprint density at radius 2 is 1.24 bits per heavy atom. The molecule has 0 unspecified atom stereocenters. The lowest BCUT2D eigenvalue weighted by Gasteiger charge is -2.21. The van der Waals surface area contributed by atoms with Crippen LogP contribution in [0.1, 0.15) is 10.4 Å². The number of para-hydroxylation sites is 1. The maximum Gasteiger partial charge on any atom is 0.338 e. The van der Waals surface area contributed by atoms with Crippen LogP contribution in [0.3, 0.4) is 0 Å². The van der Waals surface area contributed by atoms with Crippen molar-refractivity contribution in [2.75, 3.05) is 5.01 Å². The second kappa shape index (κ2) is 7.31. The van der Waals surface area contributed by atoms with Gasteiger partial charge in [0.15, 0.2) is 0 Å². The molecule has 0 bridgehead atoms. The van der Waals surface area contributed by atoms with Crippen molar-refractivity contribution < 1.29 is 9.59 Å². The highest BCUT2D eigenvalue weighted by Gasteiger charge is 2.16. The molecule has 124 valence electrons. The van der Waals surface area contributed by atoms with Crippen LogP contribution in [0.4, 0.5) is 10.5 Å².